The Morgan fingerprint density at radius 2 is 2.11 bits per heavy atom. The Kier molecular flexibility index (Phi) is 4.51. The summed E-state index contributed by atoms with van der Waals surface area (Å²) in [5.74, 6) is 2.43. The highest BCUT2D eigenvalue weighted by atomic mass is 35.5. The summed E-state index contributed by atoms with van der Waals surface area (Å²) in [6.45, 7) is 2.11. The number of hydrogen-bond acceptors (Lipinski definition) is 3. The van der Waals surface area contributed by atoms with Crippen LogP contribution in [0.4, 0.5) is 0 Å². The van der Waals surface area contributed by atoms with E-state index in [0.717, 1.165) is 29.3 Å². The van der Waals surface area contributed by atoms with Gasteiger partial charge in [-0.15, -0.1) is 0 Å². The topological polar surface area (TPSA) is 34.4 Å². The Morgan fingerprint density at radius 3 is 2.74 bits per heavy atom. The van der Waals surface area contributed by atoms with Gasteiger partial charge in [0.1, 0.15) is 17.3 Å². The summed E-state index contributed by atoms with van der Waals surface area (Å²) < 4.78 is 11.1. The molecule has 0 saturated heterocycles. The minimum absolute atomic E-state index is 0.220. The number of ether oxygens (including phenoxy) is 1. The van der Waals surface area contributed by atoms with Crippen LogP contribution in [0.25, 0.3) is 11.3 Å². The predicted molar refractivity (Wildman–Crippen MR) is 77.8 cm³/mol. The van der Waals surface area contributed by atoms with Gasteiger partial charge in [0.25, 0.3) is 0 Å². The van der Waals surface area contributed by atoms with Crippen molar-refractivity contribution in [3.8, 4) is 17.1 Å². The number of benzene rings is 1. The van der Waals surface area contributed by atoms with Crippen LogP contribution >= 0.6 is 11.6 Å². The van der Waals surface area contributed by atoms with Gasteiger partial charge in [-0.2, -0.15) is 0 Å². The molecular formula is C15H18ClNO2. The van der Waals surface area contributed by atoms with Crippen molar-refractivity contribution in [2.75, 3.05) is 14.2 Å². The van der Waals surface area contributed by atoms with Gasteiger partial charge < -0.3 is 14.5 Å². The summed E-state index contributed by atoms with van der Waals surface area (Å²) in [5.41, 5.74) is 0.846. The number of furan rings is 1. The third-order valence-electron chi connectivity index (χ3n) is 3.17. The normalized spacial score (nSPS) is 12.4. The Morgan fingerprint density at radius 1 is 1.32 bits per heavy atom. The van der Waals surface area contributed by atoms with Crippen molar-refractivity contribution in [2.24, 2.45) is 0 Å². The van der Waals surface area contributed by atoms with Crippen LogP contribution < -0.4 is 10.1 Å². The molecule has 2 aromatic rings. The van der Waals surface area contributed by atoms with Crippen LogP contribution in [0.15, 0.2) is 34.7 Å². The second kappa shape index (κ2) is 6.13. The van der Waals surface area contributed by atoms with Crippen LogP contribution in [0.5, 0.6) is 5.75 Å². The van der Waals surface area contributed by atoms with Gasteiger partial charge in [0, 0.05) is 5.56 Å². The number of hydrogen-bond donors (Lipinski definition) is 1. The van der Waals surface area contributed by atoms with Gasteiger partial charge in [-0.05, 0) is 43.8 Å². The zero-order valence-electron chi connectivity index (χ0n) is 11.4. The smallest absolute Gasteiger partial charge is 0.135 e. The molecule has 19 heavy (non-hydrogen) atoms. The molecule has 0 radical (unpaired) electrons. The van der Waals surface area contributed by atoms with Crippen LogP contribution in [0.1, 0.15) is 25.1 Å². The van der Waals surface area contributed by atoms with Crippen LogP contribution in [0, 0.1) is 0 Å². The Hall–Kier alpha value is -1.45. The number of methoxy groups -OCH3 is 1. The van der Waals surface area contributed by atoms with Gasteiger partial charge in [0.15, 0.2) is 0 Å². The number of rotatable bonds is 5. The van der Waals surface area contributed by atoms with Gasteiger partial charge in [-0.3, -0.25) is 0 Å². The summed E-state index contributed by atoms with van der Waals surface area (Å²) in [6, 6.07) is 9.67. The van der Waals surface area contributed by atoms with Gasteiger partial charge in [-0.25, -0.2) is 0 Å². The predicted octanol–water partition coefficient (Wildman–Crippen LogP) is 4.28. The Labute approximate surface area is 118 Å². The van der Waals surface area contributed by atoms with E-state index in [1.54, 1.807) is 7.11 Å². The molecule has 3 nitrogen and oxygen atoms in total. The maximum absolute atomic E-state index is 6.21. The quantitative estimate of drug-likeness (QED) is 0.887. The van der Waals surface area contributed by atoms with Crippen molar-refractivity contribution in [2.45, 2.75) is 19.4 Å². The van der Waals surface area contributed by atoms with Crippen LogP contribution in [-0.4, -0.2) is 14.2 Å². The average molecular weight is 280 g/mol. The van der Waals surface area contributed by atoms with E-state index in [1.165, 1.54) is 0 Å². The molecule has 0 saturated carbocycles. The maximum Gasteiger partial charge on any atom is 0.135 e. The third kappa shape index (κ3) is 2.94. The average Bonchev–Trinajstić information content (AvgIpc) is 2.90. The highest BCUT2D eigenvalue weighted by Gasteiger charge is 2.14. The molecule has 1 aromatic heterocycles. The van der Waals surface area contributed by atoms with Gasteiger partial charge >= 0.3 is 0 Å². The fourth-order valence-electron chi connectivity index (χ4n) is 2.05. The van der Waals surface area contributed by atoms with Crippen molar-refractivity contribution in [1.82, 2.24) is 5.32 Å². The summed E-state index contributed by atoms with van der Waals surface area (Å²) >= 11 is 6.21. The van der Waals surface area contributed by atoms with E-state index in [1.807, 2.05) is 37.4 Å². The molecule has 0 amide bonds. The van der Waals surface area contributed by atoms with E-state index in [0.29, 0.717) is 5.02 Å². The molecular weight excluding hydrogens is 262 g/mol. The first kappa shape index (κ1) is 14.0. The first-order valence-corrected chi connectivity index (χ1v) is 6.68. The molecule has 1 aromatic carbocycles. The standard InChI is InChI=1S/C15H18ClNO2/c1-4-13(17-2)15-8-7-14(19-15)11-9-10(18-3)5-6-12(11)16/h5-9,13,17H,4H2,1-3H3. The summed E-state index contributed by atoms with van der Waals surface area (Å²) in [6.07, 6.45) is 0.968. The van der Waals surface area contributed by atoms with Crippen molar-refractivity contribution >= 4 is 11.6 Å². The van der Waals surface area contributed by atoms with E-state index >= 15 is 0 Å². The Balaban J connectivity index is 2.37. The first-order chi connectivity index (χ1) is 9.19. The maximum atomic E-state index is 6.21. The van der Waals surface area contributed by atoms with Crippen LogP contribution in [-0.2, 0) is 0 Å². The fourth-order valence-corrected chi connectivity index (χ4v) is 2.26. The van der Waals surface area contributed by atoms with Crippen LogP contribution in [0.2, 0.25) is 5.02 Å². The molecule has 1 N–H and O–H groups in total. The van der Waals surface area contributed by atoms with E-state index < -0.39 is 0 Å². The van der Waals surface area contributed by atoms with Crippen molar-refractivity contribution < 1.29 is 9.15 Å². The monoisotopic (exact) mass is 279 g/mol. The van der Waals surface area contributed by atoms with E-state index in [4.69, 9.17) is 20.8 Å². The molecule has 102 valence electrons. The molecule has 2 rings (SSSR count). The van der Waals surface area contributed by atoms with Gasteiger partial charge in [0.05, 0.1) is 18.2 Å². The molecule has 0 aliphatic carbocycles. The first-order valence-electron chi connectivity index (χ1n) is 6.30. The lowest BCUT2D eigenvalue weighted by Crippen LogP contribution is -2.14. The fraction of sp³-hybridized carbons (Fsp3) is 0.333. The molecule has 0 aliphatic heterocycles. The minimum atomic E-state index is 0.220. The lowest BCUT2D eigenvalue weighted by atomic mass is 10.1. The molecule has 0 spiro atoms. The number of halogens is 1. The molecule has 0 bridgehead atoms. The molecule has 0 fully saturated rings. The third-order valence-corrected chi connectivity index (χ3v) is 3.50. The zero-order chi connectivity index (χ0) is 13.8. The largest absolute Gasteiger partial charge is 0.497 e. The molecule has 1 unspecified atom stereocenters. The van der Waals surface area contributed by atoms with E-state index in [2.05, 4.69) is 12.2 Å². The second-order valence-electron chi connectivity index (χ2n) is 4.30. The van der Waals surface area contributed by atoms with Crippen LogP contribution in [0.3, 0.4) is 0 Å². The summed E-state index contributed by atoms with van der Waals surface area (Å²) in [4.78, 5) is 0. The summed E-state index contributed by atoms with van der Waals surface area (Å²) in [5, 5.41) is 3.87. The lowest BCUT2D eigenvalue weighted by Gasteiger charge is -2.10. The van der Waals surface area contributed by atoms with E-state index in [-0.39, 0.29) is 6.04 Å². The molecule has 4 heteroatoms. The lowest BCUT2D eigenvalue weighted by molar-refractivity contribution is 0.414. The van der Waals surface area contributed by atoms with Crippen molar-refractivity contribution in [1.29, 1.82) is 0 Å². The minimum Gasteiger partial charge on any atom is -0.497 e. The highest BCUT2D eigenvalue weighted by molar-refractivity contribution is 6.33. The summed E-state index contributed by atoms with van der Waals surface area (Å²) in [7, 11) is 3.56. The molecule has 1 atom stereocenters. The van der Waals surface area contributed by atoms with Crippen molar-refractivity contribution in [3.05, 3.63) is 41.1 Å². The Bertz CT molecular complexity index is 547. The molecule has 0 aliphatic rings. The number of nitrogens with one attached hydrogen (secondary N) is 1. The zero-order valence-corrected chi connectivity index (χ0v) is 12.1. The van der Waals surface area contributed by atoms with Gasteiger partial charge in [0.2, 0.25) is 0 Å². The highest BCUT2D eigenvalue weighted by Crippen LogP contribution is 2.34. The van der Waals surface area contributed by atoms with E-state index in [9.17, 15) is 0 Å². The second-order valence-corrected chi connectivity index (χ2v) is 4.70. The van der Waals surface area contributed by atoms with Crippen molar-refractivity contribution in [3.63, 3.8) is 0 Å². The molecule has 1 heterocycles. The SMILES string of the molecule is CCC(NC)c1ccc(-c2cc(OC)ccc2Cl)o1. The van der Waals surface area contributed by atoms with Gasteiger partial charge in [-0.1, -0.05) is 18.5 Å².